The van der Waals surface area contributed by atoms with Gasteiger partial charge in [-0.1, -0.05) is 13.0 Å². The van der Waals surface area contributed by atoms with Crippen LogP contribution in [0.3, 0.4) is 0 Å². The fraction of sp³-hybridized carbons (Fsp3) is 0.511. The number of amides is 4. The van der Waals surface area contributed by atoms with Crippen molar-refractivity contribution in [1.29, 1.82) is 0 Å². The molecule has 0 spiro atoms. The Kier molecular flexibility index (Phi) is 11.8. The van der Waals surface area contributed by atoms with Crippen molar-refractivity contribution in [2.45, 2.75) is 102 Å². The van der Waals surface area contributed by atoms with Crippen LogP contribution in [0.2, 0.25) is 0 Å². The van der Waals surface area contributed by atoms with Crippen molar-refractivity contribution in [2.24, 2.45) is 10.9 Å². The van der Waals surface area contributed by atoms with E-state index in [1.165, 1.54) is 17.0 Å². The molecular formula is C47H54F4N8O4. The van der Waals surface area contributed by atoms with E-state index < -0.39 is 42.6 Å². The van der Waals surface area contributed by atoms with Crippen LogP contribution >= 0.6 is 0 Å². The molecule has 16 heteroatoms. The number of carbonyl (C=O) groups excluding carboxylic acids is 4. The quantitative estimate of drug-likeness (QED) is 0.115. The third-order valence-corrected chi connectivity index (χ3v) is 14.5. The first-order chi connectivity index (χ1) is 30.3. The summed E-state index contributed by atoms with van der Waals surface area (Å²) in [4.78, 5) is 64.8. The fourth-order valence-electron chi connectivity index (χ4n) is 11.2. The van der Waals surface area contributed by atoms with Crippen LogP contribution in [-0.2, 0) is 29.1 Å². The second-order valence-electron chi connectivity index (χ2n) is 18.1. The molecule has 0 saturated carbocycles. The number of nitrogens with one attached hydrogen (secondary N) is 1. The van der Waals surface area contributed by atoms with Gasteiger partial charge in [-0.25, -0.2) is 17.6 Å². The number of nitrogens with two attached hydrogens (primary N) is 1. The summed E-state index contributed by atoms with van der Waals surface area (Å²) in [6.07, 6.45) is 3.64. The molecule has 0 aliphatic carbocycles. The Labute approximate surface area is 364 Å². The third-order valence-electron chi connectivity index (χ3n) is 14.5. The number of imide groups is 1. The number of benzene rings is 3. The molecule has 12 nitrogen and oxygen atoms in total. The highest BCUT2D eigenvalue weighted by Gasteiger charge is 2.43. The van der Waals surface area contributed by atoms with Crippen LogP contribution in [0.5, 0.6) is 0 Å². The first kappa shape index (κ1) is 42.9. The summed E-state index contributed by atoms with van der Waals surface area (Å²) >= 11 is 0. The largest absolute Gasteiger partial charge is 0.398 e. The number of alkyl halides is 2. The second kappa shape index (κ2) is 17.3. The van der Waals surface area contributed by atoms with E-state index >= 15 is 8.78 Å². The van der Waals surface area contributed by atoms with E-state index in [1.54, 1.807) is 30.3 Å². The summed E-state index contributed by atoms with van der Waals surface area (Å²) in [5.41, 5.74) is 11.6. The third kappa shape index (κ3) is 7.98. The van der Waals surface area contributed by atoms with E-state index in [2.05, 4.69) is 15.2 Å². The number of carbonyl (C=O) groups is 4. The van der Waals surface area contributed by atoms with Crippen LogP contribution in [0.15, 0.2) is 41.4 Å². The van der Waals surface area contributed by atoms with Crippen LogP contribution in [0.4, 0.5) is 28.9 Å². The van der Waals surface area contributed by atoms with Crippen molar-refractivity contribution in [1.82, 2.24) is 24.9 Å². The van der Waals surface area contributed by atoms with Crippen molar-refractivity contribution in [3.05, 3.63) is 92.5 Å². The van der Waals surface area contributed by atoms with E-state index in [0.717, 1.165) is 62.0 Å². The molecule has 3 atom stereocenters. The van der Waals surface area contributed by atoms with Gasteiger partial charge in [-0.15, -0.1) is 0 Å². The van der Waals surface area contributed by atoms with Gasteiger partial charge in [-0.2, -0.15) is 0 Å². The molecule has 0 radical (unpaired) electrons. The van der Waals surface area contributed by atoms with E-state index in [9.17, 15) is 28.0 Å². The summed E-state index contributed by atoms with van der Waals surface area (Å²) in [7, 11) is 1.61. The van der Waals surface area contributed by atoms with Gasteiger partial charge in [0.15, 0.2) is 0 Å². The van der Waals surface area contributed by atoms with Crippen molar-refractivity contribution in [3.63, 3.8) is 0 Å². The molecule has 3 fully saturated rings. The lowest BCUT2D eigenvalue weighted by molar-refractivity contribution is -0.136. The van der Waals surface area contributed by atoms with E-state index in [-0.39, 0.29) is 54.8 Å². The number of halogens is 4. The maximum absolute atomic E-state index is 16.4. The first-order valence-electron chi connectivity index (χ1n) is 22.3. The molecule has 3 aromatic carbocycles. The lowest BCUT2D eigenvalue weighted by Crippen LogP contribution is -2.52. The molecule has 6 aliphatic heterocycles. The maximum Gasteiger partial charge on any atom is 0.255 e. The molecule has 3 aromatic rings. The molecule has 6 aliphatic rings. The second-order valence-corrected chi connectivity index (χ2v) is 18.1. The lowest BCUT2D eigenvalue weighted by atomic mass is 9.81. The van der Waals surface area contributed by atoms with E-state index in [1.807, 2.05) is 28.9 Å². The molecule has 9 rings (SSSR count). The molecule has 3 N–H and O–H groups in total. The average Bonchev–Trinajstić information content (AvgIpc) is 3.75. The minimum atomic E-state index is -2.70. The van der Waals surface area contributed by atoms with Gasteiger partial charge in [-0.05, 0) is 103 Å². The number of hydrogen-bond donors (Lipinski definition) is 2. The van der Waals surface area contributed by atoms with E-state index in [4.69, 9.17) is 5.73 Å². The Bertz CT molecular complexity index is 2340. The van der Waals surface area contributed by atoms with Gasteiger partial charge in [0.25, 0.3) is 18.2 Å². The van der Waals surface area contributed by atoms with Gasteiger partial charge in [0, 0.05) is 111 Å². The fourth-order valence-corrected chi connectivity index (χ4v) is 11.2. The number of nitrogens with zero attached hydrogens (tertiary/aromatic N) is 6. The highest BCUT2D eigenvalue weighted by atomic mass is 19.3. The number of hydrogen-bond acceptors (Lipinski definition) is 9. The van der Waals surface area contributed by atoms with Gasteiger partial charge < -0.3 is 25.3 Å². The van der Waals surface area contributed by atoms with Gasteiger partial charge in [0.1, 0.15) is 17.7 Å². The number of nitrogen functional groups attached to an aromatic ring is 1. The number of piperidine rings is 3. The predicted octanol–water partition coefficient (Wildman–Crippen LogP) is 5.68. The zero-order valence-electron chi connectivity index (χ0n) is 35.7. The first-order valence-corrected chi connectivity index (χ1v) is 22.3. The zero-order chi connectivity index (χ0) is 44.3. The summed E-state index contributed by atoms with van der Waals surface area (Å²) in [5.74, 6) is -2.22. The standard InChI is InChI=1S/C47H54F4N8O4/c1-3-29-18-35-32(4-5-39(52)36(35)21-53-2)44(57(29)25-41(50)51)43-37(48)19-31(20-38(43)49)56-14-8-26(9-15-56)22-55-12-10-30(11-13-55)58-23-27-16-34-28(17-33(27)46(58)62)24-59(47(34)63)40-6-7-42(60)54-45(40)61/h4-5,16-17,19-21,26,29-30,40-41,44H,3,6-15,18,22-25,52H2,1-2H3,(H,54,60,61)/t29-,40?,44+/m1/s1. The Morgan fingerprint density at radius 1 is 0.873 bits per heavy atom. The predicted molar refractivity (Wildman–Crippen MR) is 230 cm³/mol. The minimum absolute atomic E-state index is 0.0353. The minimum Gasteiger partial charge on any atom is -0.398 e. The number of rotatable bonds is 10. The zero-order valence-corrected chi connectivity index (χ0v) is 35.7. The molecule has 63 heavy (non-hydrogen) atoms. The lowest BCUT2D eigenvalue weighted by Gasteiger charge is -2.44. The van der Waals surface area contributed by atoms with Crippen molar-refractivity contribution in [2.75, 3.05) is 56.9 Å². The Morgan fingerprint density at radius 3 is 2.14 bits per heavy atom. The van der Waals surface area contributed by atoms with Crippen molar-refractivity contribution >= 4 is 41.2 Å². The summed E-state index contributed by atoms with van der Waals surface area (Å²) < 4.78 is 61.0. The monoisotopic (exact) mass is 870 g/mol. The Balaban J connectivity index is 0.808. The highest BCUT2D eigenvalue weighted by molar-refractivity contribution is 6.07. The van der Waals surface area contributed by atoms with Crippen LogP contribution in [-0.4, -0.2) is 120 Å². The molecule has 4 amide bonds. The van der Waals surface area contributed by atoms with Crippen LogP contribution < -0.4 is 16.0 Å². The van der Waals surface area contributed by atoms with Gasteiger partial charge in [0.2, 0.25) is 11.8 Å². The van der Waals surface area contributed by atoms with E-state index in [0.29, 0.717) is 72.0 Å². The number of fused-ring (bicyclic) bond motifs is 3. The normalized spacial score (nSPS) is 23.9. The van der Waals surface area contributed by atoms with Gasteiger partial charge >= 0.3 is 0 Å². The van der Waals surface area contributed by atoms with Crippen molar-refractivity contribution in [3.8, 4) is 0 Å². The van der Waals surface area contributed by atoms with Crippen LogP contribution in [0.25, 0.3) is 0 Å². The van der Waals surface area contributed by atoms with Gasteiger partial charge in [-0.3, -0.25) is 34.4 Å². The molecule has 334 valence electrons. The summed E-state index contributed by atoms with van der Waals surface area (Å²) in [5, 5.41) is 2.33. The molecule has 0 aromatic heterocycles. The SMILES string of the molecule is CC[C@@H]1Cc2c(ccc(N)c2C=NC)[C@@H](c2c(F)cc(N3CCC(CN4CCC(N5Cc6cc7c(cc6C5=O)CN(C5CCC(=O)NC5=O)C7=O)CC4)CC3)cc2F)N1CC(F)F. The molecule has 6 heterocycles. The number of anilines is 2. The molecule has 3 saturated heterocycles. The van der Waals surface area contributed by atoms with Crippen LogP contribution in [0.1, 0.15) is 112 Å². The summed E-state index contributed by atoms with van der Waals surface area (Å²) in [6, 6.07) is 7.60. The smallest absolute Gasteiger partial charge is 0.255 e. The summed E-state index contributed by atoms with van der Waals surface area (Å²) in [6.45, 7) is 5.74. The van der Waals surface area contributed by atoms with Crippen molar-refractivity contribution < 1.29 is 36.7 Å². The number of aliphatic imine (C=N–C) groups is 1. The maximum atomic E-state index is 16.4. The number of likely N-dealkylation sites (tertiary alicyclic amines) is 1. The molecule has 0 bridgehead atoms. The van der Waals surface area contributed by atoms with Crippen LogP contribution in [0, 0.1) is 17.6 Å². The average molecular weight is 871 g/mol. The Hall–Kier alpha value is -5.35. The highest BCUT2D eigenvalue weighted by Crippen LogP contribution is 2.44. The topological polar surface area (TPSA) is 135 Å². The molecule has 1 unspecified atom stereocenters. The molecular weight excluding hydrogens is 817 g/mol. The van der Waals surface area contributed by atoms with Gasteiger partial charge in [0.05, 0.1) is 12.6 Å². The Morgan fingerprint density at radius 2 is 1.52 bits per heavy atom.